The Morgan fingerprint density at radius 1 is 0.739 bits per heavy atom. The third-order valence-electron chi connectivity index (χ3n) is 4.36. The topological polar surface area (TPSA) is 74.8 Å². The quantitative estimate of drug-likeness (QED) is 0.663. The van der Waals surface area contributed by atoms with Gasteiger partial charge in [0.25, 0.3) is 23.6 Å². The zero-order valence-corrected chi connectivity index (χ0v) is 13.7. The van der Waals surface area contributed by atoms with E-state index < -0.39 is 23.6 Å². The third-order valence-corrected chi connectivity index (χ3v) is 4.98. The second-order valence-electron chi connectivity index (χ2n) is 5.53. The molecule has 0 atom stereocenters. The van der Waals surface area contributed by atoms with Gasteiger partial charge in [-0.05, 0) is 34.1 Å². The molecule has 2 aliphatic rings. The predicted molar refractivity (Wildman–Crippen MR) is 84.5 cm³/mol. The maximum absolute atomic E-state index is 12.5. The molecule has 0 aliphatic carbocycles. The van der Waals surface area contributed by atoms with Crippen LogP contribution in [-0.2, 0) is 0 Å². The minimum absolute atomic E-state index is 0.299. The van der Waals surface area contributed by atoms with Crippen molar-refractivity contribution in [2.45, 2.75) is 0 Å². The number of carbonyl (C=O) groups is 4. The number of rotatable bonds is 0. The summed E-state index contributed by atoms with van der Waals surface area (Å²) in [7, 11) is 2.81. The molecule has 0 radical (unpaired) electrons. The lowest BCUT2D eigenvalue weighted by molar-refractivity contribution is 0.0629. The van der Waals surface area contributed by atoms with Gasteiger partial charge in [0.05, 0.1) is 5.56 Å². The molecule has 2 aromatic carbocycles. The van der Waals surface area contributed by atoms with Crippen LogP contribution in [0.3, 0.4) is 0 Å². The average molecular weight is 373 g/mol. The summed E-state index contributed by atoms with van der Waals surface area (Å²) in [5, 5.41) is 0.748. The first-order valence-electron chi connectivity index (χ1n) is 6.78. The molecular weight excluding hydrogens is 364 g/mol. The summed E-state index contributed by atoms with van der Waals surface area (Å²) in [4.78, 5) is 51.7. The van der Waals surface area contributed by atoms with Gasteiger partial charge in [-0.2, -0.15) is 0 Å². The van der Waals surface area contributed by atoms with Crippen LogP contribution < -0.4 is 0 Å². The number of carbonyl (C=O) groups excluding carboxylic acids is 4. The summed E-state index contributed by atoms with van der Waals surface area (Å²) in [6, 6.07) is 4.60. The molecule has 0 bridgehead atoms. The molecule has 0 N–H and O–H groups in total. The fourth-order valence-electron chi connectivity index (χ4n) is 3.16. The summed E-state index contributed by atoms with van der Waals surface area (Å²) in [5.41, 5.74) is 1.24. The van der Waals surface area contributed by atoms with E-state index in [9.17, 15) is 19.2 Å². The van der Waals surface area contributed by atoms with E-state index >= 15 is 0 Å². The van der Waals surface area contributed by atoms with E-state index in [1.165, 1.54) is 32.3 Å². The van der Waals surface area contributed by atoms with E-state index in [0.717, 1.165) is 9.80 Å². The Balaban J connectivity index is 2.28. The van der Waals surface area contributed by atoms with Gasteiger partial charge in [0.1, 0.15) is 0 Å². The van der Waals surface area contributed by atoms with Gasteiger partial charge < -0.3 is 0 Å². The lowest BCUT2D eigenvalue weighted by Gasteiger charge is -2.29. The van der Waals surface area contributed by atoms with Crippen LogP contribution >= 0.6 is 15.9 Å². The Morgan fingerprint density at radius 2 is 1.22 bits per heavy atom. The normalized spacial score (nSPS) is 16.7. The Morgan fingerprint density at radius 3 is 1.83 bits per heavy atom. The third kappa shape index (κ3) is 1.52. The Hall–Kier alpha value is -2.54. The lowest BCUT2D eigenvalue weighted by Crippen LogP contribution is -2.40. The first kappa shape index (κ1) is 14.1. The molecule has 114 valence electrons. The number of benzene rings is 2. The van der Waals surface area contributed by atoms with Gasteiger partial charge in [-0.1, -0.05) is 0 Å². The van der Waals surface area contributed by atoms with Crippen molar-refractivity contribution in [1.82, 2.24) is 9.80 Å². The molecule has 6 nitrogen and oxygen atoms in total. The number of amides is 4. The van der Waals surface area contributed by atoms with Gasteiger partial charge in [0, 0.05) is 46.0 Å². The summed E-state index contributed by atoms with van der Waals surface area (Å²) in [6.07, 6.45) is 0. The molecule has 23 heavy (non-hydrogen) atoms. The van der Waals surface area contributed by atoms with Crippen molar-refractivity contribution in [3.8, 4) is 0 Å². The minimum Gasteiger partial charge on any atom is -0.277 e. The molecule has 4 amide bonds. The van der Waals surface area contributed by atoms with E-state index in [1.54, 1.807) is 0 Å². The molecule has 0 unspecified atom stereocenters. The molecule has 0 fully saturated rings. The van der Waals surface area contributed by atoms with Crippen molar-refractivity contribution in [2.75, 3.05) is 14.1 Å². The molecular formula is C16H9BrN2O4. The van der Waals surface area contributed by atoms with Gasteiger partial charge in [-0.25, -0.2) is 0 Å². The summed E-state index contributed by atoms with van der Waals surface area (Å²) in [5.74, 6) is -1.80. The summed E-state index contributed by atoms with van der Waals surface area (Å²) >= 11 is 3.32. The highest BCUT2D eigenvalue weighted by Gasteiger charge is 2.38. The smallest absolute Gasteiger partial charge is 0.262 e. The van der Waals surface area contributed by atoms with Gasteiger partial charge in [0.2, 0.25) is 0 Å². The predicted octanol–water partition coefficient (Wildman–Crippen LogP) is 2.05. The standard InChI is InChI=1S/C16H9BrN2O4/c1-18-13(20)6-3-4-7-11-10(6)8(15(18)22)5-9(17)12(11)16(23)19(2)14(7)21/h3-5H,1-2H3. The average Bonchev–Trinajstić information content (AvgIpc) is 2.54. The van der Waals surface area contributed by atoms with E-state index in [-0.39, 0.29) is 0 Å². The number of hydrogen-bond acceptors (Lipinski definition) is 4. The number of halogens is 1. The van der Waals surface area contributed by atoms with Gasteiger partial charge in [0.15, 0.2) is 0 Å². The molecule has 0 spiro atoms. The summed E-state index contributed by atoms with van der Waals surface area (Å²) < 4.78 is 0.429. The van der Waals surface area contributed by atoms with Crippen molar-refractivity contribution >= 4 is 50.3 Å². The van der Waals surface area contributed by atoms with Crippen molar-refractivity contribution in [3.05, 3.63) is 44.9 Å². The lowest BCUT2D eigenvalue weighted by atomic mass is 9.86. The van der Waals surface area contributed by atoms with Crippen molar-refractivity contribution in [3.63, 3.8) is 0 Å². The number of nitrogens with zero attached hydrogens (tertiary/aromatic N) is 2. The van der Waals surface area contributed by atoms with Crippen LogP contribution in [0.2, 0.25) is 0 Å². The van der Waals surface area contributed by atoms with Crippen LogP contribution in [0, 0.1) is 0 Å². The van der Waals surface area contributed by atoms with Crippen LogP contribution in [-0.4, -0.2) is 47.5 Å². The second kappa shape index (κ2) is 4.26. The fourth-order valence-corrected chi connectivity index (χ4v) is 3.76. The molecule has 2 heterocycles. The van der Waals surface area contributed by atoms with Crippen LogP contribution in [0.25, 0.3) is 10.8 Å². The zero-order valence-electron chi connectivity index (χ0n) is 12.1. The Bertz CT molecular complexity index is 995. The molecule has 4 rings (SSSR count). The molecule has 0 saturated carbocycles. The van der Waals surface area contributed by atoms with E-state index in [2.05, 4.69) is 15.9 Å². The van der Waals surface area contributed by atoms with Crippen LogP contribution in [0.1, 0.15) is 41.4 Å². The van der Waals surface area contributed by atoms with E-state index in [1.807, 2.05) is 0 Å². The van der Waals surface area contributed by atoms with Gasteiger partial charge in [-0.3, -0.25) is 29.0 Å². The van der Waals surface area contributed by atoms with Crippen molar-refractivity contribution < 1.29 is 19.2 Å². The molecule has 2 aliphatic heterocycles. The fraction of sp³-hybridized carbons (Fsp3) is 0.125. The van der Waals surface area contributed by atoms with Crippen molar-refractivity contribution in [2.24, 2.45) is 0 Å². The van der Waals surface area contributed by atoms with E-state index in [4.69, 9.17) is 0 Å². The second-order valence-corrected chi connectivity index (χ2v) is 6.38. The molecule has 0 aromatic heterocycles. The number of imide groups is 2. The highest BCUT2D eigenvalue weighted by atomic mass is 79.9. The zero-order chi connectivity index (χ0) is 16.6. The maximum Gasteiger partial charge on any atom is 0.262 e. The van der Waals surface area contributed by atoms with Gasteiger partial charge >= 0.3 is 0 Å². The monoisotopic (exact) mass is 372 g/mol. The highest BCUT2D eigenvalue weighted by molar-refractivity contribution is 9.10. The Labute approximate surface area is 138 Å². The highest BCUT2D eigenvalue weighted by Crippen LogP contribution is 2.40. The summed E-state index contributed by atoms with van der Waals surface area (Å²) in [6.45, 7) is 0. The first-order chi connectivity index (χ1) is 10.8. The SMILES string of the molecule is CN1C(=O)c2ccc3c4c(c(Br)cc(c24)C1=O)C(=O)N(C)C3=O. The minimum atomic E-state index is -0.461. The molecule has 7 heteroatoms. The maximum atomic E-state index is 12.5. The molecule has 2 aromatic rings. The van der Waals surface area contributed by atoms with E-state index in [0.29, 0.717) is 37.5 Å². The van der Waals surface area contributed by atoms with Crippen LogP contribution in [0.15, 0.2) is 22.7 Å². The largest absolute Gasteiger partial charge is 0.277 e. The Kier molecular flexibility index (Phi) is 2.61. The van der Waals surface area contributed by atoms with Crippen LogP contribution in [0.5, 0.6) is 0 Å². The molecule has 0 saturated heterocycles. The van der Waals surface area contributed by atoms with Gasteiger partial charge in [-0.15, -0.1) is 0 Å². The van der Waals surface area contributed by atoms with Crippen molar-refractivity contribution in [1.29, 1.82) is 0 Å². The van der Waals surface area contributed by atoms with Crippen LogP contribution in [0.4, 0.5) is 0 Å². The number of hydrogen-bond donors (Lipinski definition) is 0. The first-order valence-corrected chi connectivity index (χ1v) is 7.58.